The van der Waals surface area contributed by atoms with Crippen molar-refractivity contribution in [1.29, 1.82) is 0 Å². The average molecular weight is 1190 g/mol. The maximum atomic E-state index is 13.2. The third kappa shape index (κ3) is 66.1. The Bertz CT molecular complexity index is 1450. The van der Waals surface area contributed by atoms with Crippen LogP contribution < -0.4 is 0 Å². The molecule has 0 aliphatic heterocycles. The molecule has 0 saturated carbocycles. The van der Waals surface area contributed by atoms with E-state index in [1.807, 2.05) is 0 Å². The van der Waals surface area contributed by atoms with Crippen molar-refractivity contribution in [1.82, 2.24) is 9.80 Å². The van der Waals surface area contributed by atoms with Gasteiger partial charge in [0.25, 0.3) is 0 Å². The summed E-state index contributed by atoms with van der Waals surface area (Å²) >= 11 is 0. The predicted molar refractivity (Wildman–Crippen MR) is 373 cm³/mol. The van der Waals surface area contributed by atoms with Crippen LogP contribution in [0.15, 0.2) is 24.3 Å². The Kier molecular flexibility index (Phi) is 70.8. The van der Waals surface area contributed by atoms with Crippen LogP contribution in [0, 0.1) is 17.8 Å². The summed E-state index contributed by atoms with van der Waals surface area (Å²) in [5.74, 6) is 6.69. The van der Waals surface area contributed by atoms with E-state index >= 15 is 0 Å². The fourth-order valence-corrected chi connectivity index (χ4v) is 11.7. The highest BCUT2D eigenvalue weighted by Crippen LogP contribution is 2.22. The second-order valence-corrected chi connectivity index (χ2v) is 25.9. The van der Waals surface area contributed by atoms with E-state index in [-0.39, 0.29) is 17.9 Å². The van der Waals surface area contributed by atoms with Gasteiger partial charge in [-0.3, -0.25) is 14.5 Å². The van der Waals surface area contributed by atoms with Crippen molar-refractivity contribution >= 4 is 11.9 Å². The summed E-state index contributed by atoms with van der Waals surface area (Å²) in [6, 6.07) is 0. The second kappa shape index (κ2) is 72.6. The van der Waals surface area contributed by atoms with Gasteiger partial charge in [0.05, 0.1) is 32.3 Å². The molecule has 0 N–H and O–H groups in total. The lowest BCUT2D eigenvalue weighted by atomic mass is 9.94. The first-order valence-electron chi connectivity index (χ1n) is 38.1. The second-order valence-electron chi connectivity index (χ2n) is 25.9. The van der Waals surface area contributed by atoms with Crippen LogP contribution in [0.2, 0.25) is 0 Å². The number of nitrogens with zero attached hydrogens (tertiary/aromatic N) is 2. The SMILES string of the molecule is CCCCCC#CC/C=C\CCCCCCCCN(CCCCCCCCOC(=O)C(CCCCCC)CCCCCCCC)CCOCCOC(=O)CN(CCCCCCCC/C=C\CCCCCCCC)CCCCCCCCCCCC. The summed E-state index contributed by atoms with van der Waals surface area (Å²) in [7, 11) is 0. The Morgan fingerprint density at radius 3 is 1.15 bits per heavy atom. The van der Waals surface area contributed by atoms with Gasteiger partial charge in [-0.1, -0.05) is 309 Å². The minimum atomic E-state index is -0.0988. The first kappa shape index (κ1) is 82.9. The number of allylic oxidation sites excluding steroid dienone is 4. The zero-order chi connectivity index (χ0) is 61.5. The summed E-state index contributed by atoms with van der Waals surface area (Å²) in [6.45, 7) is 18.9. The number of carbonyl (C=O) groups is 2. The molecule has 0 aliphatic rings. The molecule has 1 unspecified atom stereocenters. The zero-order valence-electron chi connectivity index (χ0n) is 58.1. The molecule has 0 aromatic heterocycles. The fraction of sp³-hybridized carbons (Fsp3) is 0.897. The largest absolute Gasteiger partial charge is 0.465 e. The lowest BCUT2D eigenvalue weighted by molar-refractivity contribution is -0.149. The number of ether oxygens (including phenoxy) is 3. The minimum Gasteiger partial charge on any atom is -0.465 e. The number of carbonyl (C=O) groups excluding carboxylic acids is 2. The Morgan fingerprint density at radius 2 is 0.694 bits per heavy atom. The van der Waals surface area contributed by atoms with Crippen LogP contribution in [0.25, 0.3) is 0 Å². The fourth-order valence-electron chi connectivity index (χ4n) is 11.7. The molecular weight excluding hydrogens is 1040 g/mol. The first-order chi connectivity index (χ1) is 42.0. The van der Waals surface area contributed by atoms with Crippen LogP contribution >= 0.6 is 0 Å². The van der Waals surface area contributed by atoms with E-state index in [9.17, 15) is 9.59 Å². The van der Waals surface area contributed by atoms with E-state index in [4.69, 9.17) is 14.2 Å². The van der Waals surface area contributed by atoms with Crippen molar-refractivity contribution in [3.8, 4) is 11.8 Å². The molecule has 500 valence electrons. The molecule has 0 amide bonds. The van der Waals surface area contributed by atoms with Gasteiger partial charge in [-0.2, -0.15) is 0 Å². The van der Waals surface area contributed by atoms with Crippen molar-refractivity contribution < 1.29 is 23.8 Å². The summed E-state index contributed by atoms with van der Waals surface area (Å²) < 4.78 is 17.9. The van der Waals surface area contributed by atoms with Gasteiger partial charge >= 0.3 is 11.9 Å². The molecule has 0 spiro atoms. The molecule has 0 radical (unpaired) electrons. The monoisotopic (exact) mass is 1190 g/mol. The molecule has 7 nitrogen and oxygen atoms in total. The van der Waals surface area contributed by atoms with E-state index in [2.05, 4.69) is 80.6 Å². The predicted octanol–water partition coefficient (Wildman–Crippen LogP) is 23.6. The molecule has 1 atom stereocenters. The van der Waals surface area contributed by atoms with Crippen LogP contribution in [0.5, 0.6) is 0 Å². The Hall–Kier alpha value is -2.14. The molecule has 0 fully saturated rings. The Balaban J connectivity index is 4.93. The van der Waals surface area contributed by atoms with Crippen molar-refractivity contribution in [2.45, 2.75) is 381 Å². The summed E-state index contributed by atoms with van der Waals surface area (Å²) in [5, 5.41) is 0. The van der Waals surface area contributed by atoms with Gasteiger partial charge in [0.2, 0.25) is 0 Å². The first-order valence-corrected chi connectivity index (χ1v) is 38.1. The van der Waals surface area contributed by atoms with Crippen LogP contribution in [0.4, 0.5) is 0 Å². The number of rotatable bonds is 70. The highest BCUT2D eigenvalue weighted by Gasteiger charge is 2.19. The molecule has 0 aromatic carbocycles. The van der Waals surface area contributed by atoms with Crippen molar-refractivity contribution in [3.05, 3.63) is 24.3 Å². The molecule has 0 saturated heterocycles. The molecule has 7 heteroatoms. The minimum absolute atomic E-state index is 0.0687. The van der Waals surface area contributed by atoms with Gasteiger partial charge < -0.3 is 19.1 Å². The molecule has 0 bridgehead atoms. The van der Waals surface area contributed by atoms with Gasteiger partial charge in [0.1, 0.15) is 6.61 Å². The summed E-state index contributed by atoms with van der Waals surface area (Å²) in [4.78, 5) is 31.4. The molecule has 0 aliphatic carbocycles. The molecule has 85 heavy (non-hydrogen) atoms. The van der Waals surface area contributed by atoms with Gasteiger partial charge in [0, 0.05) is 19.4 Å². The van der Waals surface area contributed by atoms with Crippen LogP contribution in [0.1, 0.15) is 381 Å². The number of hydrogen-bond acceptors (Lipinski definition) is 7. The van der Waals surface area contributed by atoms with Crippen LogP contribution in [-0.2, 0) is 23.8 Å². The van der Waals surface area contributed by atoms with E-state index in [0.717, 1.165) is 90.5 Å². The number of esters is 2. The van der Waals surface area contributed by atoms with E-state index in [0.29, 0.717) is 33.0 Å². The maximum Gasteiger partial charge on any atom is 0.320 e. The lowest BCUT2D eigenvalue weighted by Gasteiger charge is -2.23. The normalized spacial score (nSPS) is 12.1. The highest BCUT2D eigenvalue weighted by atomic mass is 16.6. The van der Waals surface area contributed by atoms with Gasteiger partial charge in [-0.05, 0) is 116 Å². The third-order valence-corrected chi connectivity index (χ3v) is 17.5. The van der Waals surface area contributed by atoms with Crippen molar-refractivity contribution in [2.24, 2.45) is 5.92 Å². The Morgan fingerprint density at radius 1 is 0.329 bits per heavy atom. The maximum absolute atomic E-state index is 13.2. The zero-order valence-corrected chi connectivity index (χ0v) is 58.1. The van der Waals surface area contributed by atoms with Gasteiger partial charge in [0.15, 0.2) is 0 Å². The average Bonchev–Trinajstić information content (AvgIpc) is 3.50. The van der Waals surface area contributed by atoms with Gasteiger partial charge in [-0.15, -0.1) is 5.92 Å². The Labute approximate surface area is 532 Å². The number of hydrogen-bond donors (Lipinski definition) is 0. The van der Waals surface area contributed by atoms with Crippen molar-refractivity contribution in [2.75, 3.05) is 65.7 Å². The number of unbranched alkanes of at least 4 members (excludes halogenated alkanes) is 43. The summed E-state index contributed by atoms with van der Waals surface area (Å²) in [5.41, 5.74) is 0. The standard InChI is InChI=1S/C78H148N2O5/c1-6-11-16-21-25-28-31-33-35-37-39-41-44-46-52-59-66-79(67-60-53-49-50-56-63-71-85-78(82)76(64-57-20-15-10-5)65-58-51-24-19-14-9-4)70-72-83-73-74-84-77(81)75-80(68-61-54-47-43-30-27-23-18-13-8-3)69-62-55-48-45-42-40-38-36-34-32-29-26-22-17-12-7-2/h33-36,76H,6-24,26-27,29-32,37-75H2,1-5H3/b35-33-,36-34-. The topological polar surface area (TPSA) is 68.3 Å². The van der Waals surface area contributed by atoms with E-state index in [1.54, 1.807) is 0 Å². The quantitative estimate of drug-likeness (QED) is 0.0260. The van der Waals surface area contributed by atoms with E-state index in [1.165, 1.54) is 289 Å². The van der Waals surface area contributed by atoms with Crippen LogP contribution in [-0.4, -0.2) is 87.4 Å². The van der Waals surface area contributed by atoms with Crippen LogP contribution in [0.3, 0.4) is 0 Å². The highest BCUT2D eigenvalue weighted by molar-refractivity contribution is 5.72. The van der Waals surface area contributed by atoms with E-state index < -0.39 is 0 Å². The molecular formula is C78H148N2O5. The van der Waals surface area contributed by atoms with Crippen molar-refractivity contribution in [3.63, 3.8) is 0 Å². The van der Waals surface area contributed by atoms with Gasteiger partial charge in [-0.25, -0.2) is 0 Å². The lowest BCUT2D eigenvalue weighted by Crippen LogP contribution is -2.33. The molecule has 0 heterocycles. The smallest absolute Gasteiger partial charge is 0.320 e. The third-order valence-electron chi connectivity index (χ3n) is 17.5. The summed E-state index contributed by atoms with van der Waals surface area (Å²) in [6.07, 6.45) is 77.3. The molecule has 0 rings (SSSR count). The molecule has 0 aromatic rings.